The molecule has 134 valence electrons. The number of hydrogen-bond donors (Lipinski definition) is 0. The Morgan fingerprint density at radius 3 is 2.17 bits per heavy atom. The molecule has 0 aromatic rings. The first-order chi connectivity index (χ1) is 10.8. The summed E-state index contributed by atoms with van der Waals surface area (Å²) in [7, 11) is 2.17. The fourth-order valence-corrected chi connectivity index (χ4v) is 4.89. The van der Waals surface area contributed by atoms with Gasteiger partial charge in [-0.3, -0.25) is 4.90 Å². The maximum atomic E-state index is 14.5. The lowest BCUT2D eigenvalue weighted by atomic mass is 9.72. The van der Waals surface area contributed by atoms with Crippen molar-refractivity contribution < 1.29 is 8.78 Å². The van der Waals surface area contributed by atoms with Gasteiger partial charge in [0.25, 0.3) is 5.92 Å². The molecule has 3 saturated heterocycles. The molecule has 0 saturated carbocycles. The lowest BCUT2D eigenvalue weighted by Gasteiger charge is -2.53. The Kier molecular flexibility index (Phi) is 5.01. The van der Waals surface area contributed by atoms with Crippen molar-refractivity contribution in [2.24, 2.45) is 17.3 Å². The van der Waals surface area contributed by atoms with E-state index < -0.39 is 11.8 Å². The third kappa shape index (κ3) is 4.05. The molecule has 3 rings (SSSR count). The number of piperidine rings is 2. The van der Waals surface area contributed by atoms with Crippen LogP contribution in [0.3, 0.4) is 0 Å². The van der Waals surface area contributed by atoms with E-state index in [4.69, 9.17) is 0 Å². The zero-order chi connectivity index (χ0) is 16.7. The van der Waals surface area contributed by atoms with E-state index in [1.165, 1.54) is 25.9 Å². The van der Waals surface area contributed by atoms with Gasteiger partial charge in [0.1, 0.15) is 0 Å². The highest BCUT2D eigenvalue weighted by atomic mass is 19.3. The lowest BCUT2D eigenvalue weighted by Crippen LogP contribution is -2.59. The molecule has 3 nitrogen and oxygen atoms in total. The van der Waals surface area contributed by atoms with Crippen LogP contribution in [0.1, 0.15) is 33.1 Å². The molecule has 0 amide bonds. The molecule has 3 fully saturated rings. The van der Waals surface area contributed by atoms with E-state index in [1.807, 2.05) is 4.90 Å². The fourth-order valence-electron chi connectivity index (χ4n) is 4.89. The van der Waals surface area contributed by atoms with Gasteiger partial charge >= 0.3 is 0 Å². The van der Waals surface area contributed by atoms with Crippen molar-refractivity contribution >= 4 is 0 Å². The summed E-state index contributed by atoms with van der Waals surface area (Å²) in [6, 6.07) is 0. The van der Waals surface area contributed by atoms with Gasteiger partial charge in [-0.15, -0.1) is 0 Å². The smallest absolute Gasteiger partial charge is 0.264 e. The van der Waals surface area contributed by atoms with Gasteiger partial charge in [-0.25, -0.2) is 8.78 Å². The highest BCUT2D eigenvalue weighted by molar-refractivity contribution is 4.98. The molecule has 1 atom stereocenters. The zero-order valence-corrected chi connectivity index (χ0v) is 15.0. The average Bonchev–Trinajstić information content (AvgIpc) is 2.41. The van der Waals surface area contributed by atoms with E-state index in [2.05, 4.69) is 30.7 Å². The van der Waals surface area contributed by atoms with Crippen molar-refractivity contribution in [2.45, 2.75) is 39.0 Å². The van der Waals surface area contributed by atoms with Crippen molar-refractivity contribution in [3.63, 3.8) is 0 Å². The molecule has 3 aliphatic heterocycles. The Bertz CT molecular complexity index is 397. The van der Waals surface area contributed by atoms with E-state index in [1.54, 1.807) is 0 Å². The van der Waals surface area contributed by atoms with Crippen LogP contribution in [0, 0.1) is 17.3 Å². The van der Waals surface area contributed by atoms with Gasteiger partial charge in [-0.05, 0) is 57.3 Å². The van der Waals surface area contributed by atoms with Crippen LogP contribution in [0.25, 0.3) is 0 Å². The first-order valence-corrected chi connectivity index (χ1v) is 9.29. The van der Waals surface area contributed by atoms with Crippen LogP contribution in [-0.2, 0) is 0 Å². The second-order valence-corrected chi connectivity index (χ2v) is 8.85. The molecule has 23 heavy (non-hydrogen) atoms. The largest absolute Gasteiger partial charge is 0.305 e. The summed E-state index contributed by atoms with van der Waals surface area (Å²) in [4.78, 5) is 6.63. The topological polar surface area (TPSA) is 9.72 Å². The molecule has 1 unspecified atom stereocenters. The van der Waals surface area contributed by atoms with Gasteiger partial charge in [0.15, 0.2) is 0 Å². The van der Waals surface area contributed by atoms with Crippen molar-refractivity contribution in [3.8, 4) is 0 Å². The normalized spacial score (nSPS) is 32.3. The summed E-state index contributed by atoms with van der Waals surface area (Å²) < 4.78 is 29.1. The van der Waals surface area contributed by atoms with Gasteiger partial charge in [-0.2, -0.15) is 0 Å². The van der Waals surface area contributed by atoms with Gasteiger partial charge in [0, 0.05) is 32.1 Å². The number of halogens is 2. The maximum Gasteiger partial charge on any atom is 0.264 e. The molecule has 3 heterocycles. The first kappa shape index (κ1) is 17.6. The Labute approximate surface area is 140 Å². The van der Waals surface area contributed by atoms with E-state index in [9.17, 15) is 8.78 Å². The highest BCUT2D eigenvalue weighted by Gasteiger charge is 2.47. The van der Waals surface area contributed by atoms with Crippen LogP contribution in [-0.4, -0.2) is 80.0 Å². The van der Waals surface area contributed by atoms with Gasteiger partial charge in [0.2, 0.25) is 0 Å². The van der Waals surface area contributed by atoms with Crippen molar-refractivity contribution in [1.29, 1.82) is 0 Å². The van der Waals surface area contributed by atoms with Crippen LogP contribution < -0.4 is 0 Å². The first-order valence-electron chi connectivity index (χ1n) is 9.29. The summed E-state index contributed by atoms with van der Waals surface area (Å²) in [6.45, 7) is 10.8. The summed E-state index contributed by atoms with van der Waals surface area (Å²) in [5, 5.41) is 0. The number of hydrogen-bond acceptors (Lipinski definition) is 3. The Morgan fingerprint density at radius 1 is 1.00 bits per heavy atom. The van der Waals surface area contributed by atoms with E-state index >= 15 is 0 Å². The molecule has 1 spiro atoms. The monoisotopic (exact) mass is 329 g/mol. The summed E-state index contributed by atoms with van der Waals surface area (Å²) >= 11 is 0. The molecular formula is C18H33F2N3. The number of nitrogens with zero attached hydrogens (tertiary/aromatic N) is 3. The number of alkyl halides is 2. The Morgan fingerprint density at radius 2 is 1.65 bits per heavy atom. The second-order valence-electron chi connectivity index (χ2n) is 8.85. The number of rotatable bonds is 4. The molecule has 0 aromatic carbocycles. The van der Waals surface area contributed by atoms with Crippen LogP contribution in [0.2, 0.25) is 0 Å². The zero-order valence-electron chi connectivity index (χ0n) is 15.0. The summed E-state index contributed by atoms with van der Waals surface area (Å²) in [5.41, 5.74) is 0.508. The minimum absolute atomic E-state index is 0.0432. The van der Waals surface area contributed by atoms with Gasteiger partial charge in [0.05, 0.1) is 6.54 Å². The quantitative estimate of drug-likeness (QED) is 0.785. The molecule has 0 bridgehead atoms. The molecular weight excluding hydrogens is 296 g/mol. The summed E-state index contributed by atoms with van der Waals surface area (Å²) in [5.74, 6) is -2.52. The van der Waals surface area contributed by atoms with Crippen molar-refractivity contribution in [1.82, 2.24) is 14.7 Å². The van der Waals surface area contributed by atoms with Crippen LogP contribution in [0.4, 0.5) is 8.78 Å². The lowest BCUT2D eigenvalue weighted by molar-refractivity contribution is -0.124. The van der Waals surface area contributed by atoms with Crippen LogP contribution >= 0.6 is 0 Å². The molecule has 5 heteroatoms. The average molecular weight is 329 g/mol. The second kappa shape index (κ2) is 6.57. The van der Waals surface area contributed by atoms with Crippen LogP contribution in [0.15, 0.2) is 0 Å². The van der Waals surface area contributed by atoms with Crippen LogP contribution in [0.5, 0.6) is 0 Å². The maximum absolute atomic E-state index is 14.5. The fraction of sp³-hybridized carbons (Fsp3) is 1.00. The van der Waals surface area contributed by atoms with Gasteiger partial charge in [-0.1, -0.05) is 13.8 Å². The molecule has 0 aliphatic carbocycles. The van der Waals surface area contributed by atoms with E-state index in [0.29, 0.717) is 24.3 Å². The molecule has 0 N–H and O–H groups in total. The SMILES string of the molecule is CC(C)CN1CCC(CN2CCC3(CC2)CN(C)C3)C(F)(F)C1. The number of likely N-dealkylation sites (tertiary alicyclic amines) is 3. The van der Waals surface area contributed by atoms with Crippen molar-refractivity contribution in [3.05, 3.63) is 0 Å². The summed E-state index contributed by atoms with van der Waals surface area (Å²) in [6.07, 6.45) is 3.02. The highest BCUT2D eigenvalue weighted by Crippen LogP contribution is 2.40. The Hall–Kier alpha value is -0.260. The van der Waals surface area contributed by atoms with Gasteiger partial charge < -0.3 is 9.80 Å². The molecule has 3 aliphatic rings. The Balaban J connectivity index is 1.47. The predicted octanol–water partition coefficient (Wildman–Crippen LogP) is 2.63. The van der Waals surface area contributed by atoms with E-state index in [0.717, 1.165) is 26.2 Å². The third-order valence-corrected chi connectivity index (χ3v) is 6.05. The molecule has 0 radical (unpaired) electrons. The molecule has 0 aromatic heterocycles. The van der Waals surface area contributed by atoms with Crippen molar-refractivity contribution in [2.75, 3.05) is 59.4 Å². The van der Waals surface area contributed by atoms with E-state index in [-0.39, 0.29) is 6.54 Å². The predicted molar refractivity (Wildman–Crippen MR) is 89.9 cm³/mol. The minimum atomic E-state index is -2.53. The third-order valence-electron chi connectivity index (χ3n) is 6.05. The standard InChI is InChI=1S/C18H33F2N3/c1-15(2)10-23-7-4-16(18(19,20)14-23)11-22-8-5-17(6-9-22)12-21(3)13-17/h15-16H,4-14H2,1-3H3. The minimum Gasteiger partial charge on any atom is -0.305 e.